The second-order valence-corrected chi connectivity index (χ2v) is 13.0. The average molecular weight is 635 g/mol. The summed E-state index contributed by atoms with van der Waals surface area (Å²) in [5.74, 6) is 0.596. The minimum Gasteiger partial charge on any atom is -0.455 e. The zero-order valence-corrected chi connectivity index (χ0v) is 26.4. The van der Waals surface area contributed by atoms with Crippen LogP contribution in [-0.2, 0) is 0 Å². The number of para-hydroxylation sites is 2. The van der Waals surface area contributed by atoms with Gasteiger partial charge in [0.1, 0.15) is 16.7 Å². The average Bonchev–Trinajstić information content (AvgIpc) is 3.86. The van der Waals surface area contributed by atoms with E-state index in [0.29, 0.717) is 5.89 Å². The summed E-state index contributed by atoms with van der Waals surface area (Å²) in [5.41, 5.74) is 9.40. The standard InChI is InChI=1S/C43H26N2O2S/c1-3-11-28(12-4-1)43-44-36-26-35(41-40(42(36)47-43)34-16-7-9-17-37(34)46-41)27-19-21-30(22-20-27)45(29-13-5-2-6-14-29)31-23-24-33-32-15-8-10-18-38(32)48-39(33)25-31/h1-26H. The first kappa shape index (κ1) is 27.0. The number of hydrogen-bond acceptors (Lipinski definition) is 5. The van der Waals surface area contributed by atoms with Gasteiger partial charge >= 0.3 is 0 Å². The Labute approximate surface area is 279 Å². The molecular formula is C43H26N2O2S. The van der Waals surface area contributed by atoms with E-state index in [0.717, 1.165) is 66.8 Å². The molecule has 0 N–H and O–H groups in total. The van der Waals surface area contributed by atoms with Crippen LogP contribution in [0.4, 0.5) is 17.1 Å². The first-order chi connectivity index (χ1) is 23.8. The minimum absolute atomic E-state index is 0.596. The summed E-state index contributed by atoms with van der Waals surface area (Å²) in [6, 6.07) is 54.9. The van der Waals surface area contributed by atoms with E-state index >= 15 is 0 Å². The van der Waals surface area contributed by atoms with Gasteiger partial charge in [0.05, 0.1) is 5.39 Å². The van der Waals surface area contributed by atoms with Gasteiger partial charge in [-0.2, -0.15) is 0 Å². The molecule has 226 valence electrons. The van der Waals surface area contributed by atoms with Crippen molar-refractivity contribution in [2.75, 3.05) is 4.90 Å². The molecule has 3 heterocycles. The van der Waals surface area contributed by atoms with E-state index in [2.05, 4.69) is 114 Å². The highest BCUT2D eigenvalue weighted by molar-refractivity contribution is 7.25. The van der Waals surface area contributed by atoms with Crippen LogP contribution in [0.2, 0.25) is 0 Å². The lowest BCUT2D eigenvalue weighted by atomic mass is 10.0. The number of thiophene rings is 1. The Kier molecular flexibility index (Phi) is 6.01. The maximum absolute atomic E-state index is 6.55. The molecule has 5 heteroatoms. The number of benzene rings is 7. The second kappa shape index (κ2) is 10.7. The third-order valence-electron chi connectivity index (χ3n) is 9.09. The number of oxazole rings is 1. The molecule has 0 spiro atoms. The Morgan fingerprint density at radius 1 is 0.479 bits per heavy atom. The van der Waals surface area contributed by atoms with Gasteiger partial charge in [-0.15, -0.1) is 11.3 Å². The van der Waals surface area contributed by atoms with Crippen LogP contribution in [0, 0.1) is 0 Å². The number of fused-ring (bicyclic) bond motifs is 8. The van der Waals surface area contributed by atoms with Gasteiger partial charge in [-0.3, -0.25) is 0 Å². The van der Waals surface area contributed by atoms with Crippen LogP contribution in [0.25, 0.3) is 75.8 Å². The lowest BCUT2D eigenvalue weighted by Gasteiger charge is -2.25. The van der Waals surface area contributed by atoms with Gasteiger partial charge in [0.15, 0.2) is 5.58 Å². The van der Waals surface area contributed by atoms with Crippen molar-refractivity contribution in [3.63, 3.8) is 0 Å². The molecule has 0 bridgehead atoms. The molecule has 0 saturated carbocycles. The number of furan rings is 1. The highest BCUT2D eigenvalue weighted by Crippen LogP contribution is 2.44. The first-order valence-electron chi connectivity index (χ1n) is 16.0. The molecule has 10 rings (SSSR count). The molecule has 0 aliphatic rings. The summed E-state index contributed by atoms with van der Waals surface area (Å²) >= 11 is 1.84. The summed E-state index contributed by atoms with van der Waals surface area (Å²) in [7, 11) is 0. The molecule has 0 unspecified atom stereocenters. The number of anilines is 3. The van der Waals surface area contributed by atoms with Crippen LogP contribution in [0.5, 0.6) is 0 Å². The van der Waals surface area contributed by atoms with Crippen molar-refractivity contribution in [3.05, 3.63) is 158 Å². The van der Waals surface area contributed by atoms with Gasteiger partial charge in [-0.25, -0.2) is 4.98 Å². The van der Waals surface area contributed by atoms with Gasteiger partial charge in [0.2, 0.25) is 5.89 Å². The molecule has 10 aromatic rings. The Morgan fingerprint density at radius 3 is 1.98 bits per heavy atom. The third-order valence-corrected chi connectivity index (χ3v) is 10.2. The van der Waals surface area contributed by atoms with Crippen molar-refractivity contribution in [2.45, 2.75) is 0 Å². The van der Waals surface area contributed by atoms with Gasteiger partial charge < -0.3 is 13.7 Å². The molecule has 48 heavy (non-hydrogen) atoms. The highest BCUT2D eigenvalue weighted by atomic mass is 32.1. The molecule has 7 aromatic carbocycles. The number of aromatic nitrogens is 1. The molecule has 3 aromatic heterocycles. The maximum atomic E-state index is 6.55. The quantitative estimate of drug-likeness (QED) is 0.189. The van der Waals surface area contributed by atoms with E-state index in [9.17, 15) is 0 Å². The Balaban J connectivity index is 1.13. The summed E-state index contributed by atoms with van der Waals surface area (Å²) in [6.07, 6.45) is 0. The Bertz CT molecular complexity index is 2780. The van der Waals surface area contributed by atoms with Crippen LogP contribution in [0.1, 0.15) is 0 Å². The van der Waals surface area contributed by atoms with Crippen LogP contribution >= 0.6 is 11.3 Å². The van der Waals surface area contributed by atoms with Crippen molar-refractivity contribution in [3.8, 4) is 22.6 Å². The molecule has 0 fully saturated rings. The zero-order valence-electron chi connectivity index (χ0n) is 25.6. The van der Waals surface area contributed by atoms with Crippen molar-refractivity contribution >= 4 is 81.6 Å². The van der Waals surface area contributed by atoms with Crippen molar-refractivity contribution in [1.82, 2.24) is 4.98 Å². The Morgan fingerprint density at radius 2 is 1.15 bits per heavy atom. The summed E-state index contributed by atoms with van der Waals surface area (Å²) in [5, 5.41) is 4.55. The van der Waals surface area contributed by atoms with Gasteiger partial charge in [-0.05, 0) is 72.3 Å². The monoisotopic (exact) mass is 634 g/mol. The van der Waals surface area contributed by atoms with Crippen LogP contribution in [0.3, 0.4) is 0 Å². The minimum atomic E-state index is 0.596. The summed E-state index contributed by atoms with van der Waals surface area (Å²) in [6.45, 7) is 0. The normalized spacial score (nSPS) is 11.8. The maximum Gasteiger partial charge on any atom is 0.227 e. The van der Waals surface area contributed by atoms with E-state index < -0.39 is 0 Å². The molecule has 0 amide bonds. The number of hydrogen-bond donors (Lipinski definition) is 0. The smallest absolute Gasteiger partial charge is 0.227 e. The van der Waals surface area contributed by atoms with Crippen molar-refractivity contribution < 1.29 is 8.83 Å². The number of nitrogens with zero attached hydrogens (tertiary/aromatic N) is 2. The fraction of sp³-hybridized carbons (Fsp3) is 0. The molecule has 0 aliphatic heterocycles. The van der Waals surface area contributed by atoms with Crippen molar-refractivity contribution in [1.29, 1.82) is 0 Å². The fourth-order valence-corrected chi connectivity index (χ4v) is 8.00. The topological polar surface area (TPSA) is 42.4 Å². The predicted octanol–water partition coefficient (Wildman–Crippen LogP) is 12.9. The third kappa shape index (κ3) is 4.25. The Hall–Kier alpha value is -6.17. The lowest BCUT2D eigenvalue weighted by molar-refractivity contribution is 0.622. The summed E-state index contributed by atoms with van der Waals surface area (Å²) < 4.78 is 15.6. The fourth-order valence-electron chi connectivity index (χ4n) is 6.86. The van der Waals surface area contributed by atoms with Crippen LogP contribution in [-0.4, -0.2) is 4.98 Å². The van der Waals surface area contributed by atoms with E-state index in [1.807, 2.05) is 59.9 Å². The van der Waals surface area contributed by atoms with Crippen LogP contribution in [0.15, 0.2) is 167 Å². The molecule has 0 radical (unpaired) electrons. The molecular weight excluding hydrogens is 609 g/mol. The zero-order chi connectivity index (χ0) is 31.6. The van der Waals surface area contributed by atoms with E-state index in [1.54, 1.807) is 0 Å². The van der Waals surface area contributed by atoms with Gasteiger partial charge in [0, 0.05) is 53.7 Å². The molecule has 0 saturated heterocycles. The first-order valence-corrected chi connectivity index (χ1v) is 16.8. The molecule has 0 aliphatic carbocycles. The van der Waals surface area contributed by atoms with Gasteiger partial charge in [-0.1, -0.05) is 91.0 Å². The second-order valence-electron chi connectivity index (χ2n) is 12.0. The number of rotatable bonds is 5. The van der Waals surface area contributed by atoms with Crippen LogP contribution < -0.4 is 4.90 Å². The SMILES string of the molecule is c1ccc(-c2nc3cc(-c4ccc(N(c5ccccc5)c5ccc6c(c5)sc5ccccc56)cc4)c4oc5ccccc5c4c3o2)cc1. The lowest BCUT2D eigenvalue weighted by Crippen LogP contribution is -2.09. The molecule has 4 nitrogen and oxygen atoms in total. The predicted molar refractivity (Wildman–Crippen MR) is 200 cm³/mol. The van der Waals surface area contributed by atoms with E-state index in [-0.39, 0.29) is 0 Å². The van der Waals surface area contributed by atoms with E-state index in [4.69, 9.17) is 13.8 Å². The van der Waals surface area contributed by atoms with Gasteiger partial charge in [0.25, 0.3) is 0 Å². The summed E-state index contributed by atoms with van der Waals surface area (Å²) in [4.78, 5) is 7.27. The molecule has 0 atom stereocenters. The highest BCUT2D eigenvalue weighted by Gasteiger charge is 2.21. The van der Waals surface area contributed by atoms with E-state index in [1.165, 1.54) is 20.2 Å². The largest absolute Gasteiger partial charge is 0.455 e. The van der Waals surface area contributed by atoms with Crippen molar-refractivity contribution in [2.24, 2.45) is 0 Å².